The fourth-order valence-electron chi connectivity index (χ4n) is 1.70. The van der Waals surface area contributed by atoms with Crippen molar-refractivity contribution in [3.05, 3.63) is 23.8 Å². The Morgan fingerprint density at radius 2 is 1.83 bits per heavy atom. The summed E-state index contributed by atoms with van der Waals surface area (Å²) in [5.74, 6) is 0.147. The van der Waals surface area contributed by atoms with Crippen molar-refractivity contribution in [1.29, 1.82) is 0 Å². The van der Waals surface area contributed by atoms with Gasteiger partial charge in [0.2, 0.25) is 10.0 Å². The van der Waals surface area contributed by atoms with E-state index in [1.54, 1.807) is 6.07 Å². The quantitative estimate of drug-likeness (QED) is 0.835. The van der Waals surface area contributed by atoms with Crippen LogP contribution in [0, 0.1) is 6.92 Å². The molecule has 0 unspecified atom stereocenters. The van der Waals surface area contributed by atoms with Crippen LogP contribution >= 0.6 is 0 Å². The average molecular weight is 270 g/mol. The Kier molecular flexibility index (Phi) is 5.02. The van der Waals surface area contributed by atoms with Gasteiger partial charge in [-0.25, -0.2) is 8.42 Å². The monoisotopic (exact) mass is 270 g/mol. The van der Waals surface area contributed by atoms with Gasteiger partial charge in [-0.3, -0.25) is 4.72 Å². The highest BCUT2D eigenvalue weighted by atomic mass is 32.2. The number of hydrogen-bond acceptors (Lipinski definition) is 3. The Balaban J connectivity index is 2.97. The summed E-state index contributed by atoms with van der Waals surface area (Å²) >= 11 is 0. The van der Waals surface area contributed by atoms with E-state index in [2.05, 4.69) is 10.0 Å². The van der Waals surface area contributed by atoms with Gasteiger partial charge in [0.25, 0.3) is 0 Å². The second-order valence-corrected chi connectivity index (χ2v) is 6.54. The van der Waals surface area contributed by atoms with Crippen molar-refractivity contribution in [1.82, 2.24) is 0 Å². The molecule has 0 saturated carbocycles. The largest absolute Gasteiger partial charge is 0.383 e. The molecule has 1 rings (SSSR count). The molecule has 0 aliphatic rings. The lowest BCUT2D eigenvalue weighted by Gasteiger charge is -2.16. The molecule has 5 heteroatoms. The maximum Gasteiger partial charge on any atom is 0.232 e. The van der Waals surface area contributed by atoms with E-state index in [1.165, 1.54) is 0 Å². The van der Waals surface area contributed by atoms with Gasteiger partial charge in [-0.2, -0.15) is 0 Å². The van der Waals surface area contributed by atoms with Crippen molar-refractivity contribution >= 4 is 21.4 Å². The molecular formula is C13H22N2O2S. The molecule has 0 aliphatic carbocycles. The number of rotatable bonds is 6. The molecule has 0 atom stereocenters. The molecular weight excluding hydrogens is 248 g/mol. The first-order valence-corrected chi connectivity index (χ1v) is 7.87. The predicted molar refractivity (Wildman–Crippen MR) is 77.6 cm³/mol. The van der Waals surface area contributed by atoms with Crippen molar-refractivity contribution in [3.8, 4) is 0 Å². The van der Waals surface area contributed by atoms with E-state index in [9.17, 15) is 8.42 Å². The van der Waals surface area contributed by atoms with E-state index < -0.39 is 10.0 Å². The SMILES string of the molecule is CCCS(=O)(=O)Nc1cccc(NC(C)C)c1C. The van der Waals surface area contributed by atoms with Gasteiger partial charge < -0.3 is 5.32 Å². The minimum Gasteiger partial charge on any atom is -0.383 e. The topological polar surface area (TPSA) is 58.2 Å². The maximum absolute atomic E-state index is 11.8. The van der Waals surface area contributed by atoms with Gasteiger partial charge >= 0.3 is 0 Å². The zero-order valence-electron chi connectivity index (χ0n) is 11.4. The highest BCUT2D eigenvalue weighted by molar-refractivity contribution is 7.92. The molecule has 102 valence electrons. The lowest BCUT2D eigenvalue weighted by Crippen LogP contribution is -2.17. The van der Waals surface area contributed by atoms with E-state index in [0.29, 0.717) is 18.2 Å². The second-order valence-electron chi connectivity index (χ2n) is 4.70. The van der Waals surface area contributed by atoms with Crippen LogP contribution < -0.4 is 10.0 Å². The van der Waals surface area contributed by atoms with Gasteiger partial charge in [-0.1, -0.05) is 13.0 Å². The first-order chi connectivity index (χ1) is 8.35. The molecule has 4 nitrogen and oxygen atoms in total. The highest BCUT2D eigenvalue weighted by Crippen LogP contribution is 2.24. The lowest BCUT2D eigenvalue weighted by molar-refractivity contribution is 0.600. The van der Waals surface area contributed by atoms with E-state index >= 15 is 0 Å². The van der Waals surface area contributed by atoms with Crippen LogP contribution in [0.3, 0.4) is 0 Å². The molecule has 0 heterocycles. The summed E-state index contributed by atoms with van der Waals surface area (Å²) in [6, 6.07) is 5.90. The van der Waals surface area contributed by atoms with E-state index in [4.69, 9.17) is 0 Å². The molecule has 0 amide bonds. The first-order valence-electron chi connectivity index (χ1n) is 6.22. The summed E-state index contributed by atoms with van der Waals surface area (Å²) in [5.41, 5.74) is 2.53. The number of nitrogens with one attached hydrogen (secondary N) is 2. The van der Waals surface area contributed by atoms with Crippen LogP contribution in [0.5, 0.6) is 0 Å². The minimum atomic E-state index is -3.23. The molecule has 0 fully saturated rings. The second kappa shape index (κ2) is 6.09. The number of hydrogen-bond donors (Lipinski definition) is 2. The predicted octanol–water partition coefficient (Wildman–Crippen LogP) is 2.97. The smallest absolute Gasteiger partial charge is 0.232 e. The fraction of sp³-hybridized carbons (Fsp3) is 0.538. The summed E-state index contributed by atoms with van der Waals surface area (Å²) in [7, 11) is -3.23. The summed E-state index contributed by atoms with van der Waals surface area (Å²) in [5, 5.41) is 3.30. The van der Waals surface area contributed by atoms with Crippen LogP contribution in [-0.4, -0.2) is 20.2 Å². The summed E-state index contributed by atoms with van der Waals surface area (Å²) in [6.07, 6.45) is 0.609. The Morgan fingerprint density at radius 3 is 2.39 bits per heavy atom. The van der Waals surface area contributed by atoms with Crippen LogP contribution in [0.25, 0.3) is 0 Å². The molecule has 2 N–H and O–H groups in total. The Labute approximate surface area is 110 Å². The number of anilines is 2. The first kappa shape index (κ1) is 14.8. The van der Waals surface area contributed by atoms with Crippen LogP contribution in [0.4, 0.5) is 11.4 Å². The highest BCUT2D eigenvalue weighted by Gasteiger charge is 2.12. The summed E-state index contributed by atoms with van der Waals surface area (Å²) in [6.45, 7) is 7.86. The summed E-state index contributed by atoms with van der Waals surface area (Å²) in [4.78, 5) is 0. The molecule has 0 bridgehead atoms. The minimum absolute atomic E-state index is 0.147. The zero-order chi connectivity index (χ0) is 13.8. The maximum atomic E-state index is 11.8. The lowest BCUT2D eigenvalue weighted by atomic mass is 10.1. The van der Waals surface area contributed by atoms with Crippen LogP contribution in [-0.2, 0) is 10.0 Å². The molecule has 18 heavy (non-hydrogen) atoms. The van der Waals surface area contributed by atoms with Crippen molar-refractivity contribution in [2.45, 2.75) is 40.2 Å². The average Bonchev–Trinajstić information content (AvgIpc) is 2.23. The van der Waals surface area contributed by atoms with Gasteiger partial charge in [0.05, 0.1) is 11.4 Å². The third-order valence-electron chi connectivity index (χ3n) is 2.52. The van der Waals surface area contributed by atoms with Crippen LogP contribution in [0.2, 0.25) is 0 Å². The van der Waals surface area contributed by atoms with Crippen molar-refractivity contribution in [3.63, 3.8) is 0 Å². The van der Waals surface area contributed by atoms with Gasteiger partial charge in [-0.15, -0.1) is 0 Å². The Hall–Kier alpha value is -1.23. The van der Waals surface area contributed by atoms with Gasteiger partial charge in [0.15, 0.2) is 0 Å². The molecule has 1 aromatic rings. The molecule has 1 aromatic carbocycles. The molecule has 0 saturated heterocycles. The van der Waals surface area contributed by atoms with Crippen LogP contribution in [0.1, 0.15) is 32.8 Å². The fourth-order valence-corrected chi connectivity index (χ4v) is 2.90. The summed E-state index contributed by atoms with van der Waals surface area (Å²) < 4.78 is 26.1. The molecule has 0 spiro atoms. The Morgan fingerprint density at radius 1 is 1.22 bits per heavy atom. The van der Waals surface area contributed by atoms with Crippen LogP contribution in [0.15, 0.2) is 18.2 Å². The van der Waals surface area contributed by atoms with Gasteiger partial charge in [-0.05, 0) is 44.9 Å². The van der Waals surface area contributed by atoms with Crippen molar-refractivity contribution in [2.24, 2.45) is 0 Å². The third kappa shape index (κ3) is 4.22. The normalized spacial score (nSPS) is 11.6. The van der Waals surface area contributed by atoms with E-state index in [-0.39, 0.29) is 5.75 Å². The Bertz CT molecular complexity index is 496. The van der Waals surface area contributed by atoms with Gasteiger partial charge in [0.1, 0.15) is 0 Å². The number of benzene rings is 1. The van der Waals surface area contributed by atoms with Crippen molar-refractivity contribution in [2.75, 3.05) is 15.8 Å². The molecule has 0 aromatic heterocycles. The molecule has 0 radical (unpaired) electrons. The van der Waals surface area contributed by atoms with Crippen molar-refractivity contribution < 1.29 is 8.42 Å². The van der Waals surface area contributed by atoms with E-state index in [0.717, 1.165) is 11.3 Å². The number of sulfonamides is 1. The molecule has 0 aliphatic heterocycles. The zero-order valence-corrected chi connectivity index (χ0v) is 12.3. The van der Waals surface area contributed by atoms with E-state index in [1.807, 2.05) is 39.8 Å². The standard InChI is InChI=1S/C13H22N2O2S/c1-5-9-18(16,17)15-13-8-6-7-12(11(13)4)14-10(2)3/h6-8,10,14-15H,5,9H2,1-4H3. The van der Waals surface area contributed by atoms with Gasteiger partial charge in [0, 0.05) is 11.7 Å². The third-order valence-corrected chi connectivity index (χ3v) is 3.99.